The van der Waals surface area contributed by atoms with Gasteiger partial charge in [0.2, 0.25) is 0 Å². The SMILES string of the molecule is COC(=O)c1c(O)cc(C)cc1OC(C)C(F)(F)F. The molecule has 1 unspecified atom stereocenters. The van der Waals surface area contributed by atoms with Crippen LogP contribution >= 0.6 is 0 Å². The van der Waals surface area contributed by atoms with Gasteiger partial charge in [0.15, 0.2) is 6.10 Å². The molecule has 0 aromatic heterocycles. The van der Waals surface area contributed by atoms with E-state index in [2.05, 4.69) is 4.74 Å². The summed E-state index contributed by atoms with van der Waals surface area (Å²) in [5, 5.41) is 9.63. The maximum Gasteiger partial charge on any atom is 0.425 e. The van der Waals surface area contributed by atoms with Gasteiger partial charge in [0.1, 0.15) is 17.1 Å². The number of carbonyl (C=O) groups excluding carboxylic acids is 1. The first-order chi connectivity index (χ1) is 8.66. The van der Waals surface area contributed by atoms with Crippen molar-refractivity contribution in [3.8, 4) is 11.5 Å². The first-order valence-corrected chi connectivity index (χ1v) is 5.32. The van der Waals surface area contributed by atoms with Crippen LogP contribution in [0.1, 0.15) is 22.8 Å². The molecule has 1 atom stereocenters. The molecule has 0 aliphatic rings. The molecule has 106 valence electrons. The number of halogens is 3. The van der Waals surface area contributed by atoms with Gasteiger partial charge in [-0.3, -0.25) is 0 Å². The lowest BCUT2D eigenvalue weighted by Crippen LogP contribution is -2.31. The Morgan fingerprint density at radius 1 is 1.37 bits per heavy atom. The summed E-state index contributed by atoms with van der Waals surface area (Å²) in [7, 11) is 1.05. The lowest BCUT2D eigenvalue weighted by molar-refractivity contribution is -0.189. The Labute approximate surface area is 107 Å². The third-order valence-corrected chi connectivity index (χ3v) is 2.38. The number of methoxy groups -OCH3 is 1. The molecule has 7 heteroatoms. The van der Waals surface area contributed by atoms with Crippen LogP contribution in [0.15, 0.2) is 12.1 Å². The Kier molecular flexibility index (Phi) is 4.28. The lowest BCUT2D eigenvalue weighted by atomic mass is 10.1. The second-order valence-corrected chi connectivity index (χ2v) is 3.95. The van der Waals surface area contributed by atoms with Gasteiger partial charge in [-0.25, -0.2) is 4.79 Å². The number of hydrogen-bond acceptors (Lipinski definition) is 4. The number of phenolic OH excluding ortho intramolecular Hbond substituents is 1. The van der Waals surface area contributed by atoms with Gasteiger partial charge in [-0.2, -0.15) is 13.2 Å². The lowest BCUT2D eigenvalue weighted by Gasteiger charge is -2.20. The van der Waals surface area contributed by atoms with Gasteiger partial charge < -0.3 is 14.6 Å². The summed E-state index contributed by atoms with van der Waals surface area (Å²) in [5.74, 6) is -1.83. The highest BCUT2D eigenvalue weighted by Gasteiger charge is 2.39. The van der Waals surface area contributed by atoms with Crippen molar-refractivity contribution in [3.05, 3.63) is 23.3 Å². The molecule has 0 saturated carbocycles. The molecule has 0 heterocycles. The third-order valence-electron chi connectivity index (χ3n) is 2.38. The van der Waals surface area contributed by atoms with Crippen molar-refractivity contribution >= 4 is 5.97 Å². The van der Waals surface area contributed by atoms with Crippen LogP contribution in [0, 0.1) is 6.92 Å². The topological polar surface area (TPSA) is 55.8 Å². The largest absolute Gasteiger partial charge is 0.507 e. The molecular weight excluding hydrogens is 265 g/mol. The summed E-state index contributed by atoms with van der Waals surface area (Å²) < 4.78 is 46.5. The molecule has 19 heavy (non-hydrogen) atoms. The summed E-state index contributed by atoms with van der Waals surface area (Å²) >= 11 is 0. The normalized spacial score (nSPS) is 12.9. The second kappa shape index (κ2) is 5.38. The number of esters is 1. The molecule has 0 bridgehead atoms. The highest BCUT2D eigenvalue weighted by atomic mass is 19.4. The molecule has 0 fully saturated rings. The van der Waals surface area contributed by atoms with Crippen LogP contribution in [-0.2, 0) is 4.74 Å². The average Bonchev–Trinajstić information content (AvgIpc) is 2.26. The summed E-state index contributed by atoms with van der Waals surface area (Å²) in [6, 6.07) is 2.46. The smallest absolute Gasteiger partial charge is 0.425 e. The van der Waals surface area contributed by atoms with Crippen LogP contribution in [0.3, 0.4) is 0 Å². The molecule has 0 spiro atoms. The fraction of sp³-hybridized carbons (Fsp3) is 0.417. The monoisotopic (exact) mass is 278 g/mol. The Morgan fingerprint density at radius 3 is 2.42 bits per heavy atom. The van der Waals surface area contributed by atoms with E-state index in [-0.39, 0.29) is 5.75 Å². The first-order valence-electron chi connectivity index (χ1n) is 5.32. The number of aromatic hydroxyl groups is 1. The van der Waals surface area contributed by atoms with Gasteiger partial charge in [-0.1, -0.05) is 0 Å². The van der Waals surface area contributed by atoms with Crippen molar-refractivity contribution in [2.75, 3.05) is 7.11 Å². The molecular formula is C12H13F3O4. The maximum atomic E-state index is 12.4. The van der Waals surface area contributed by atoms with Crippen LogP contribution in [-0.4, -0.2) is 30.5 Å². The van der Waals surface area contributed by atoms with E-state index in [0.29, 0.717) is 5.56 Å². The summed E-state index contributed by atoms with van der Waals surface area (Å²) in [5.41, 5.74) is 0.0266. The maximum absolute atomic E-state index is 12.4. The van der Waals surface area contributed by atoms with E-state index in [1.54, 1.807) is 6.92 Å². The van der Waals surface area contributed by atoms with Gasteiger partial charge in [-0.15, -0.1) is 0 Å². The molecule has 0 saturated heterocycles. The van der Waals surface area contributed by atoms with E-state index in [1.165, 1.54) is 12.1 Å². The van der Waals surface area contributed by atoms with Crippen molar-refractivity contribution in [1.82, 2.24) is 0 Å². The van der Waals surface area contributed by atoms with Crippen molar-refractivity contribution in [2.45, 2.75) is 26.1 Å². The van der Waals surface area contributed by atoms with Crippen LogP contribution in [0.4, 0.5) is 13.2 Å². The van der Waals surface area contributed by atoms with E-state index < -0.39 is 29.6 Å². The zero-order chi connectivity index (χ0) is 14.8. The third kappa shape index (κ3) is 3.52. The van der Waals surface area contributed by atoms with Gasteiger partial charge in [-0.05, 0) is 31.5 Å². The molecule has 1 rings (SSSR count). The average molecular weight is 278 g/mol. The van der Waals surface area contributed by atoms with Crippen molar-refractivity contribution in [1.29, 1.82) is 0 Å². The number of aryl methyl sites for hydroxylation is 1. The fourth-order valence-electron chi connectivity index (χ4n) is 1.39. The van der Waals surface area contributed by atoms with Crippen LogP contribution in [0.5, 0.6) is 11.5 Å². The van der Waals surface area contributed by atoms with E-state index in [0.717, 1.165) is 14.0 Å². The van der Waals surface area contributed by atoms with Gasteiger partial charge in [0, 0.05) is 0 Å². The Morgan fingerprint density at radius 2 is 1.95 bits per heavy atom. The standard InChI is InChI=1S/C12H13F3O4/c1-6-4-8(16)10(11(17)18-3)9(5-6)19-7(2)12(13,14)15/h4-5,7,16H,1-3H3. The van der Waals surface area contributed by atoms with Gasteiger partial charge in [0.25, 0.3) is 0 Å². The number of phenols is 1. The van der Waals surface area contributed by atoms with Gasteiger partial charge >= 0.3 is 12.1 Å². The Hall–Kier alpha value is -1.92. The molecule has 0 amide bonds. The minimum atomic E-state index is -4.58. The zero-order valence-electron chi connectivity index (χ0n) is 10.5. The van der Waals surface area contributed by atoms with E-state index >= 15 is 0 Å². The van der Waals surface area contributed by atoms with Crippen molar-refractivity contribution in [2.24, 2.45) is 0 Å². The van der Waals surface area contributed by atoms with E-state index in [4.69, 9.17) is 4.74 Å². The molecule has 0 aliphatic heterocycles. The van der Waals surface area contributed by atoms with Crippen LogP contribution in [0.2, 0.25) is 0 Å². The summed E-state index contributed by atoms with van der Waals surface area (Å²) in [6.07, 6.45) is -6.69. The van der Waals surface area contributed by atoms with E-state index in [9.17, 15) is 23.1 Å². The summed E-state index contributed by atoms with van der Waals surface area (Å²) in [6.45, 7) is 2.35. The first kappa shape index (κ1) is 15.1. The minimum Gasteiger partial charge on any atom is -0.507 e. The number of rotatable bonds is 3. The quantitative estimate of drug-likeness (QED) is 0.864. The van der Waals surface area contributed by atoms with Gasteiger partial charge in [0.05, 0.1) is 7.11 Å². The molecule has 0 radical (unpaired) electrons. The number of alkyl halides is 3. The number of carbonyl (C=O) groups is 1. The summed E-state index contributed by atoms with van der Waals surface area (Å²) in [4.78, 5) is 11.5. The highest BCUT2D eigenvalue weighted by molar-refractivity contribution is 5.95. The van der Waals surface area contributed by atoms with Crippen molar-refractivity contribution in [3.63, 3.8) is 0 Å². The Balaban J connectivity index is 3.22. The number of benzene rings is 1. The number of ether oxygens (including phenoxy) is 2. The second-order valence-electron chi connectivity index (χ2n) is 3.95. The fourth-order valence-corrected chi connectivity index (χ4v) is 1.39. The minimum absolute atomic E-state index is 0.367. The molecule has 0 aliphatic carbocycles. The van der Waals surface area contributed by atoms with Crippen LogP contribution in [0.25, 0.3) is 0 Å². The predicted octanol–water partition coefficient (Wildman–Crippen LogP) is 2.82. The zero-order valence-corrected chi connectivity index (χ0v) is 10.5. The molecule has 1 aromatic carbocycles. The molecule has 4 nitrogen and oxygen atoms in total. The number of hydrogen-bond donors (Lipinski definition) is 1. The molecule has 1 aromatic rings. The molecule has 1 N–H and O–H groups in total. The Bertz CT molecular complexity index is 483. The predicted molar refractivity (Wildman–Crippen MR) is 60.3 cm³/mol. The van der Waals surface area contributed by atoms with Crippen molar-refractivity contribution < 1.29 is 32.5 Å². The van der Waals surface area contributed by atoms with E-state index in [1.807, 2.05) is 0 Å². The van der Waals surface area contributed by atoms with Crippen LogP contribution < -0.4 is 4.74 Å². The highest BCUT2D eigenvalue weighted by Crippen LogP contribution is 2.33.